The van der Waals surface area contributed by atoms with Gasteiger partial charge < -0.3 is 30.7 Å². The molecule has 6 N–H and O–H groups in total. The molecule has 3 aromatic rings. The normalized spacial score (nSPS) is 15.1. The third-order valence-electron chi connectivity index (χ3n) is 5.40. The minimum Gasteiger partial charge on any atom is -0.506 e. The molecule has 1 atom stereocenters. The Bertz CT molecular complexity index is 1120. The quantitative estimate of drug-likeness (QED) is 0.363. The van der Waals surface area contributed by atoms with Gasteiger partial charge in [-0.05, 0) is 48.6 Å². The number of rotatable bonds is 5. The lowest BCUT2D eigenvalue weighted by Crippen LogP contribution is -2.45. The van der Waals surface area contributed by atoms with Gasteiger partial charge >= 0.3 is 5.97 Å². The summed E-state index contributed by atoms with van der Waals surface area (Å²) in [6.45, 7) is 1.79. The SMILES string of the molecule is CC1(NC[C@H](O)c2ccc(O)c3[nH]c(=O)ccc23)Cc2ccccc2C1.O=C(O)CO. The van der Waals surface area contributed by atoms with E-state index in [1.165, 1.54) is 23.3 Å². The fourth-order valence-corrected chi connectivity index (χ4v) is 3.93. The Balaban J connectivity index is 0.000000491. The van der Waals surface area contributed by atoms with Crippen LogP contribution in [0.3, 0.4) is 0 Å². The summed E-state index contributed by atoms with van der Waals surface area (Å²) < 4.78 is 0. The van der Waals surface area contributed by atoms with Crippen molar-refractivity contribution in [3.63, 3.8) is 0 Å². The fraction of sp³-hybridized carbons (Fsp3) is 0.304. The van der Waals surface area contributed by atoms with E-state index in [4.69, 9.17) is 15.0 Å². The molecule has 4 rings (SSSR count). The molecule has 0 saturated heterocycles. The molecule has 1 aliphatic carbocycles. The van der Waals surface area contributed by atoms with Crippen LogP contribution in [0, 0.1) is 0 Å². The number of phenolic OH excluding ortho intramolecular Hbond substituents is 1. The number of carbonyl (C=O) groups is 1. The molecule has 31 heavy (non-hydrogen) atoms. The second kappa shape index (κ2) is 9.30. The Labute approximate surface area is 178 Å². The molecule has 8 nitrogen and oxygen atoms in total. The topological polar surface area (TPSA) is 143 Å². The molecule has 0 fully saturated rings. The first-order chi connectivity index (χ1) is 14.7. The van der Waals surface area contributed by atoms with Crippen LogP contribution >= 0.6 is 0 Å². The molecule has 0 radical (unpaired) electrons. The highest BCUT2D eigenvalue weighted by atomic mass is 16.4. The van der Waals surface area contributed by atoms with Crippen molar-refractivity contribution < 1.29 is 25.2 Å². The largest absolute Gasteiger partial charge is 0.506 e. The first kappa shape index (κ1) is 22.5. The number of nitrogens with one attached hydrogen (secondary N) is 2. The highest BCUT2D eigenvalue weighted by molar-refractivity contribution is 5.87. The van der Waals surface area contributed by atoms with Crippen LogP contribution in [0.25, 0.3) is 10.9 Å². The number of aromatic amines is 1. The molecule has 0 unspecified atom stereocenters. The van der Waals surface area contributed by atoms with Crippen molar-refractivity contribution in [2.75, 3.05) is 13.2 Å². The number of aromatic nitrogens is 1. The Hall–Kier alpha value is -3.20. The number of aromatic hydroxyl groups is 1. The molecule has 0 bridgehead atoms. The number of aliphatic carboxylic acids is 1. The molecule has 1 aromatic heterocycles. The summed E-state index contributed by atoms with van der Waals surface area (Å²) in [5.41, 5.74) is 3.36. The van der Waals surface area contributed by atoms with Crippen molar-refractivity contribution in [2.24, 2.45) is 0 Å². The first-order valence-corrected chi connectivity index (χ1v) is 9.90. The highest BCUT2D eigenvalue weighted by Gasteiger charge is 2.32. The molecule has 0 aliphatic heterocycles. The lowest BCUT2D eigenvalue weighted by Gasteiger charge is -2.27. The third kappa shape index (κ3) is 5.29. The van der Waals surface area contributed by atoms with Crippen LogP contribution in [0.1, 0.15) is 29.7 Å². The summed E-state index contributed by atoms with van der Waals surface area (Å²) in [5.74, 6) is -1.19. The maximum atomic E-state index is 11.5. The number of fused-ring (bicyclic) bond motifs is 2. The van der Waals surface area contributed by atoms with E-state index in [1.807, 2.05) is 0 Å². The second-order valence-corrected chi connectivity index (χ2v) is 7.92. The number of hydrogen-bond donors (Lipinski definition) is 6. The van der Waals surface area contributed by atoms with Gasteiger partial charge in [0.1, 0.15) is 12.4 Å². The van der Waals surface area contributed by atoms with Gasteiger partial charge in [0.25, 0.3) is 0 Å². The van der Waals surface area contributed by atoms with Gasteiger partial charge in [-0.1, -0.05) is 30.3 Å². The van der Waals surface area contributed by atoms with Crippen molar-refractivity contribution in [3.8, 4) is 5.75 Å². The molecular weight excluding hydrogens is 400 g/mol. The van der Waals surface area contributed by atoms with Crippen LogP contribution < -0.4 is 10.9 Å². The van der Waals surface area contributed by atoms with Crippen LogP contribution in [0.15, 0.2) is 53.3 Å². The highest BCUT2D eigenvalue weighted by Crippen LogP contribution is 2.31. The molecule has 0 amide bonds. The smallest absolute Gasteiger partial charge is 0.329 e. The van der Waals surface area contributed by atoms with Crippen molar-refractivity contribution in [3.05, 3.63) is 75.6 Å². The van der Waals surface area contributed by atoms with E-state index in [9.17, 15) is 15.0 Å². The number of hydrogen-bond acceptors (Lipinski definition) is 6. The number of aliphatic hydroxyl groups is 2. The van der Waals surface area contributed by atoms with Crippen molar-refractivity contribution in [2.45, 2.75) is 31.4 Å². The minimum absolute atomic E-state index is 0.000173. The van der Waals surface area contributed by atoms with Crippen LogP contribution in [-0.2, 0) is 17.6 Å². The Morgan fingerprint density at radius 2 is 1.74 bits per heavy atom. The van der Waals surface area contributed by atoms with Crippen molar-refractivity contribution in [1.29, 1.82) is 0 Å². The number of β-amino-alcohol motifs (C(OH)–C–C–N with tert-alkyl or cyclic N) is 1. The van der Waals surface area contributed by atoms with Crippen LogP contribution in [0.5, 0.6) is 5.75 Å². The number of phenols is 1. The average molecular weight is 426 g/mol. The van der Waals surface area contributed by atoms with E-state index in [1.54, 1.807) is 12.1 Å². The second-order valence-electron chi connectivity index (χ2n) is 7.92. The predicted molar refractivity (Wildman–Crippen MR) is 116 cm³/mol. The Morgan fingerprint density at radius 3 is 2.32 bits per heavy atom. The Morgan fingerprint density at radius 1 is 1.13 bits per heavy atom. The minimum atomic E-state index is -1.19. The number of carboxylic acids is 1. The van der Waals surface area contributed by atoms with Gasteiger partial charge in [-0.2, -0.15) is 0 Å². The number of benzene rings is 2. The van der Waals surface area contributed by atoms with Crippen molar-refractivity contribution >= 4 is 16.9 Å². The standard InChI is InChI=1S/C21H22N2O3.C2H4O3/c1-21(10-13-4-2-3-5-14(13)11-21)22-12-18(25)15-6-8-17(24)20-16(15)7-9-19(26)23-20;3-1-2(4)5/h2-9,18,22,24-25H,10-12H2,1H3,(H,23,26);3H,1H2,(H,4,5)/t18-;/m0./s1. The lowest BCUT2D eigenvalue weighted by atomic mass is 9.97. The Kier molecular flexibility index (Phi) is 6.74. The van der Waals surface area contributed by atoms with E-state index in [0.29, 0.717) is 23.0 Å². The summed E-state index contributed by atoms with van der Waals surface area (Å²) in [6.07, 6.45) is 1.11. The maximum Gasteiger partial charge on any atom is 0.329 e. The number of pyridine rings is 1. The lowest BCUT2D eigenvalue weighted by molar-refractivity contribution is -0.140. The zero-order valence-corrected chi connectivity index (χ0v) is 17.1. The monoisotopic (exact) mass is 426 g/mol. The third-order valence-corrected chi connectivity index (χ3v) is 5.40. The molecular formula is C23H26N2O6. The van der Waals surface area contributed by atoms with Gasteiger partial charge in [-0.3, -0.25) is 4.79 Å². The van der Waals surface area contributed by atoms with Gasteiger partial charge in [0, 0.05) is 23.5 Å². The average Bonchev–Trinajstić information content (AvgIpc) is 3.09. The van der Waals surface area contributed by atoms with E-state index in [-0.39, 0.29) is 16.8 Å². The number of H-pyrrole nitrogens is 1. The van der Waals surface area contributed by atoms with Gasteiger partial charge in [-0.15, -0.1) is 0 Å². The molecule has 0 spiro atoms. The van der Waals surface area contributed by atoms with E-state index in [0.717, 1.165) is 12.8 Å². The zero-order chi connectivity index (χ0) is 22.6. The summed E-state index contributed by atoms with van der Waals surface area (Å²) in [7, 11) is 0. The molecule has 0 saturated carbocycles. The van der Waals surface area contributed by atoms with Gasteiger partial charge in [0.15, 0.2) is 0 Å². The molecule has 2 aromatic carbocycles. The van der Waals surface area contributed by atoms with E-state index >= 15 is 0 Å². The van der Waals surface area contributed by atoms with E-state index in [2.05, 4.69) is 41.5 Å². The summed E-state index contributed by atoms with van der Waals surface area (Å²) in [5, 5.41) is 39.9. The summed E-state index contributed by atoms with van der Waals surface area (Å²) in [4.78, 5) is 23.3. The van der Waals surface area contributed by atoms with Crippen LogP contribution in [0.4, 0.5) is 0 Å². The number of carboxylic acid groups (broad SMARTS) is 1. The maximum absolute atomic E-state index is 11.5. The predicted octanol–water partition coefficient (Wildman–Crippen LogP) is 1.48. The summed E-state index contributed by atoms with van der Waals surface area (Å²) >= 11 is 0. The molecule has 1 aliphatic rings. The summed E-state index contributed by atoms with van der Waals surface area (Å²) in [6, 6.07) is 14.7. The zero-order valence-electron chi connectivity index (χ0n) is 17.1. The van der Waals surface area contributed by atoms with Gasteiger partial charge in [-0.25, -0.2) is 4.79 Å². The van der Waals surface area contributed by atoms with Crippen LogP contribution in [0.2, 0.25) is 0 Å². The van der Waals surface area contributed by atoms with Crippen molar-refractivity contribution in [1.82, 2.24) is 10.3 Å². The molecule has 1 heterocycles. The van der Waals surface area contributed by atoms with Gasteiger partial charge in [0.2, 0.25) is 5.56 Å². The number of aliphatic hydroxyl groups excluding tert-OH is 2. The van der Waals surface area contributed by atoms with Crippen LogP contribution in [-0.4, -0.2) is 50.1 Å². The molecule has 8 heteroatoms. The fourth-order valence-electron chi connectivity index (χ4n) is 3.93. The van der Waals surface area contributed by atoms with E-state index < -0.39 is 18.7 Å². The molecule has 164 valence electrons. The first-order valence-electron chi connectivity index (χ1n) is 9.90. The van der Waals surface area contributed by atoms with Gasteiger partial charge in [0.05, 0.1) is 11.6 Å².